The van der Waals surface area contributed by atoms with E-state index in [1.54, 1.807) is 19.1 Å². The van der Waals surface area contributed by atoms with Gasteiger partial charge in [0.15, 0.2) is 0 Å². The van der Waals surface area contributed by atoms with Gasteiger partial charge in [-0.2, -0.15) is 0 Å². The molecule has 0 unspecified atom stereocenters. The third-order valence-electron chi connectivity index (χ3n) is 2.68. The number of aromatic carboxylic acids is 1. The molecule has 2 aromatic rings. The van der Waals surface area contributed by atoms with Crippen molar-refractivity contribution in [3.05, 3.63) is 53.9 Å². The zero-order chi connectivity index (χ0) is 14.8. The maximum absolute atomic E-state index is 12.2. The molecule has 0 spiro atoms. The number of rotatable bonds is 4. The molecule has 0 amide bonds. The van der Waals surface area contributed by atoms with E-state index in [0.717, 1.165) is 0 Å². The number of nitrogens with zero attached hydrogens (tertiary/aromatic N) is 1. The number of benzene rings is 1. The predicted octanol–water partition coefficient (Wildman–Crippen LogP) is 1.89. The molecule has 1 aromatic carbocycles. The number of nitrogens with one attached hydrogen (secondary N) is 1. The van der Waals surface area contributed by atoms with Crippen molar-refractivity contribution in [2.75, 3.05) is 4.72 Å². The molecule has 2 N–H and O–H groups in total. The monoisotopic (exact) mass is 292 g/mol. The normalized spacial score (nSPS) is 11.1. The summed E-state index contributed by atoms with van der Waals surface area (Å²) in [6, 6.07) is 7.41. The van der Waals surface area contributed by atoms with Gasteiger partial charge in [-0.15, -0.1) is 0 Å². The Hall–Kier alpha value is -2.41. The summed E-state index contributed by atoms with van der Waals surface area (Å²) >= 11 is 0. The molecule has 7 heteroatoms. The van der Waals surface area contributed by atoms with Crippen LogP contribution < -0.4 is 4.72 Å². The van der Waals surface area contributed by atoms with Crippen LogP contribution in [0.15, 0.2) is 47.6 Å². The highest BCUT2D eigenvalue weighted by Crippen LogP contribution is 2.23. The molecule has 0 fully saturated rings. The lowest BCUT2D eigenvalue weighted by atomic mass is 10.1. The highest BCUT2D eigenvalue weighted by molar-refractivity contribution is 7.92. The summed E-state index contributed by atoms with van der Waals surface area (Å²) in [5.74, 6) is -1.20. The Bertz CT molecular complexity index is 742. The molecule has 0 bridgehead atoms. The zero-order valence-electron chi connectivity index (χ0n) is 10.6. The largest absolute Gasteiger partial charge is 0.478 e. The van der Waals surface area contributed by atoms with Crippen molar-refractivity contribution in [3.8, 4) is 0 Å². The third-order valence-corrected chi connectivity index (χ3v) is 4.02. The maximum atomic E-state index is 12.2. The summed E-state index contributed by atoms with van der Waals surface area (Å²) < 4.78 is 26.7. The van der Waals surface area contributed by atoms with Crippen molar-refractivity contribution in [1.29, 1.82) is 0 Å². The number of carbonyl (C=O) groups is 1. The summed E-state index contributed by atoms with van der Waals surface area (Å²) in [5.41, 5.74) is 0.485. The molecule has 0 radical (unpaired) electrons. The number of pyridine rings is 1. The molecule has 2 rings (SSSR count). The summed E-state index contributed by atoms with van der Waals surface area (Å²) in [4.78, 5) is 14.9. The molecule has 6 nitrogen and oxygen atoms in total. The summed E-state index contributed by atoms with van der Waals surface area (Å²) in [6.45, 7) is 1.63. The van der Waals surface area contributed by atoms with Crippen molar-refractivity contribution >= 4 is 21.7 Å². The molecular weight excluding hydrogens is 280 g/mol. The number of carboxylic acid groups (broad SMARTS) is 1. The van der Waals surface area contributed by atoms with Crippen molar-refractivity contribution < 1.29 is 18.3 Å². The van der Waals surface area contributed by atoms with Crippen LogP contribution in [-0.4, -0.2) is 24.5 Å². The van der Waals surface area contributed by atoms with Crippen LogP contribution in [0.5, 0.6) is 0 Å². The lowest BCUT2D eigenvalue weighted by Crippen LogP contribution is -2.16. The summed E-state index contributed by atoms with van der Waals surface area (Å²) in [6.07, 6.45) is 2.65. The Kier molecular flexibility index (Phi) is 3.71. The lowest BCUT2D eigenvalue weighted by Gasteiger charge is -2.12. The maximum Gasteiger partial charge on any atom is 0.337 e. The van der Waals surface area contributed by atoms with Gasteiger partial charge in [-0.1, -0.05) is 12.1 Å². The van der Waals surface area contributed by atoms with E-state index in [1.807, 2.05) is 0 Å². The van der Waals surface area contributed by atoms with Gasteiger partial charge < -0.3 is 5.11 Å². The smallest absolute Gasteiger partial charge is 0.337 e. The minimum Gasteiger partial charge on any atom is -0.478 e. The first kappa shape index (κ1) is 14.0. The molecule has 0 saturated heterocycles. The fourth-order valence-corrected chi connectivity index (χ4v) is 2.80. The van der Waals surface area contributed by atoms with E-state index in [2.05, 4.69) is 9.71 Å². The molecule has 0 aliphatic heterocycles. The number of anilines is 1. The quantitative estimate of drug-likeness (QED) is 0.897. The van der Waals surface area contributed by atoms with E-state index in [1.165, 1.54) is 30.6 Å². The van der Waals surface area contributed by atoms with Crippen LogP contribution in [0.4, 0.5) is 5.69 Å². The van der Waals surface area contributed by atoms with Gasteiger partial charge >= 0.3 is 5.97 Å². The summed E-state index contributed by atoms with van der Waals surface area (Å²) in [7, 11) is -3.87. The molecule has 1 aromatic heterocycles. The van der Waals surface area contributed by atoms with E-state index in [0.29, 0.717) is 5.56 Å². The average molecular weight is 292 g/mol. The molecule has 1 heterocycles. The van der Waals surface area contributed by atoms with Gasteiger partial charge in [0.1, 0.15) is 4.90 Å². The summed E-state index contributed by atoms with van der Waals surface area (Å²) in [5, 5.41) is 9.11. The average Bonchev–Trinajstić information content (AvgIpc) is 2.41. The van der Waals surface area contributed by atoms with Gasteiger partial charge in [-0.3, -0.25) is 9.71 Å². The standard InChI is InChI=1S/C13H12N2O4S/c1-9-4-2-6-11(13(16)17)12(9)15-20(18,19)10-5-3-7-14-8-10/h2-8,15H,1H3,(H,16,17). The highest BCUT2D eigenvalue weighted by Gasteiger charge is 2.19. The van der Waals surface area contributed by atoms with Gasteiger partial charge in [0.25, 0.3) is 10.0 Å². The first-order chi connectivity index (χ1) is 9.42. The van der Waals surface area contributed by atoms with E-state index >= 15 is 0 Å². The number of hydrogen-bond acceptors (Lipinski definition) is 4. The number of hydrogen-bond donors (Lipinski definition) is 2. The zero-order valence-corrected chi connectivity index (χ0v) is 11.4. The lowest BCUT2D eigenvalue weighted by molar-refractivity contribution is 0.0698. The first-order valence-electron chi connectivity index (χ1n) is 5.67. The Morgan fingerprint density at radius 1 is 1.25 bits per heavy atom. The van der Waals surface area contributed by atoms with Gasteiger partial charge in [0.2, 0.25) is 0 Å². The van der Waals surface area contributed by atoms with Gasteiger partial charge in [-0.25, -0.2) is 13.2 Å². The van der Waals surface area contributed by atoms with E-state index in [-0.39, 0.29) is 16.1 Å². The van der Waals surface area contributed by atoms with Gasteiger partial charge in [0, 0.05) is 12.4 Å². The molecule has 20 heavy (non-hydrogen) atoms. The molecule has 0 saturated carbocycles. The predicted molar refractivity (Wildman–Crippen MR) is 73.2 cm³/mol. The minimum absolute atomic E-state index is 0.0282. The second-order valence-corrected chi connectivity index (χ2v) is 5.78. The molecular formula is C13H12N2O4S. The van der Waals surface area contributed by atoms with Crippen LogP contribution in [-0.2, 0) is 10.0 Å². The molecule has 0 aliphatic carbocycles. The van der Waals surface area contributed by atoms with Gasteiger partial charge in [0.05, 0.1) is 11.3 Å². The first-order valence-corrected chi connectivity index (χ1v) is 7.16. The molecule has 104 valence electrons. The minimum atomic E-state index is -3.87. The Morgan fingerprint density at radius 2 is 2.00 bits per heavy atom. The molecule has 0 atom stereocenters. The van der Waals surface area contributed by atoms with Crippen LogP contribution in [0.2, 0.25) is 0 Å². The van der Waals surface area contributed by atoms with E-state index in [4.69, 9.17) is 5.11 Å². The van der Waals surface area contributed by atoms with Crippen LogP contribution in [0.1, 0.15) is 15.9 Å². The topological polar surface area (TPSA) is 96.4 Å². The van der Waals surface area contributed by atoms with Gasteiger partial charge in [-0.05, 0) is 30.7 Å². The van der Waals surface area contributed by atoms with Crippen molar-refractivity contribution in [2.24, 2.45) is 0 Å². The molecule has 0 aliphatic rings. The number of aromatic nitrogens is 1. The highest BCUT2D eigenvalue weighted by atomic mass is 32.2. The van der Waals surface area contributed by atoms with E-state index in [9.17, 15) is 13.2 Å². The van der Waals surface area contributed by atoms with Crippen molar-refractivity contribution in [2.45, 2.75) is 11.8 Å². The van der Waals surface area contributed by atoms with Crippen molar-refractivity contribution in [3.63, 3.8) is 0 Å². The number of aryl methyl sites for hydroxylation is 1. The SMILES string of the molecule is Cc1cccc(C(=O)O)c1NS(=O)(=O)c1cccnc1. The second-order valence-electron chi connectivity index (χ2n) is 4.10. The third kappa shape index (κ3) is 2.77. The number of sulfonamides is 1. The van der Waals surface area contributed by atoms with Crippen LogP contribution in [0.3, 0.4) is 0 Å². The Balaban J connectivity index is 2.48. The number of carboxylic acids is 1. The van der Waals surface area contributed by atoms with Crippen LogP contribution >= 0.6 is 0 Å². The van der Waals surface area contributed by atoms with E-state index < -0.39 is 16.0 Å². The Morgan fingerprint density at radius 3 is 2.60 bits per heavy atom. The number of para-hydroxylation sites is 1. The Labute approximate surface area is 116 Å². The fourth-order valence-electron chi connectivity index (χ4n) is 1.68. The van der Waals surface area contributed by atoms with Crippen molar-refractivity contribution in [1.82, 2.24) is 4.98 Å². The van der Waals surface area contributed by atoms with Crippen LogP contribution in [0.25, 0.3) is 0 Å². The second kappa shape index (κ2) is 5.30. The van der Waals surface area contributed by atoms with Crippen LogP contribution in [0, 0.1) is 6.92 Å². The fraction of sp³-hybridized carbons (Fsp3) is 0.0769.